The Morgan fingerprint density at radius 2 is 0.854 bits per heavy atom. The van der Waals surface area contributed by atoms with E-state index in [1.165, 1.54) is 25.6 Å². The molecule has 41 heavy (non-hydrogen) atoms. The van der Waals surface area contributed by atoms with E-state index in [0.29, 0.717) is 6.42 Å². The summed E-state index contributed by atoms with van der Waals surface area (Å²) in [5, 5.41) is 16.8. The van der Waals surface area contributed by atoms with E-state index < -0.39 is 22.3 Å². The predicted molar refractivity (Wildman–Crippen MR) is 182 cm³/mol. The van der Waals surface area contributed by atoms with Crippen LogP contribution in [0.15, 0.2) is 169 Å². The van der Waals surface area contributed by atoms with Crippen LogP contribution in [0.3, 0.4) is 0 Å². The molecule has 1 atom stereocenters. The molecule has 5 aromatic rings. The summed E-state index contributed by atoms with van der Waals surface area (Å²) in [6, 6.07) is 54.4. The van der Waals surface area contributed by atoms with Gasteiger partial charge in [0.25, 0.3) is 0 Å². The Kier molecular flexibility index (Phi) is 9.10. The molecular formula is C38H38OSi2. The lowest BCUT2D eigenvalue weighted by atomic mass is 10.1. The minimum atomic E-state index is -2.50. The van der Waals surface area contributed by atoms with Crippen molar-refractivity contribution < 1.29 is 5.11 Å². The van der Waals surface area contributed by atoms with Gasteiger partial charge in [-0.15, -0.1) is 0 Å². The number of aliphatic hydroxyl groups is 1. The van der Waals surface area contributed by atoms with Gasteiger partial charge in [0.2, 0.25) is 0 Å². The SMILES string of the molecule is C[Si](C(=CCC(O)/C=C\c1ccccc1)[Si](C)(c1ccccc1)c1ccccc1)(c1ccccc1)c1ccccc1. The Bertz CT molecular complexity index is 1390. The lowest BCUT2D eigenvalue weighted by molar-refractivity contribution is 0.228. The predicted octanol–water partition coefficient (Wildman–Crippen LogP) is 6.24. The van der Waals surface area contributed by atoms with Crippen LogP contribution in [0.2, 0.25) is 13.1 Å². The summed E-state index contributed by atoms with van der Waals surface area (Å²) in [4.78, 5) is 1.51. The molecule has 0 amide bonds. The zero-order valence-electron chi connectivity index (χ0n) is 23.9. The van der Waals surface area contributed by atoms with Crippen LogP contribution in [-0.2, 0) is 0 Å². The highest BCUT2D eigenvalue weighted by Gasteiger charge is 2.47. The molecule has 1 N–H and O–H groups in total. The molecule has 0 saturated carbocycles. The largest absolute Gasteiger partial charge is 0.389 e. The third-order valence-electron chi connectivity index (χ3n) is 8.36. The molecule has 5 rings (SSSR count). The average Bonchev–Trinajstić information content (AvgIpc) is 3.05. The number of hydrogen-bond acceptors (Lipinski definition) is 1. The summed E-state index contributed by atoms with van der Waals surface area (Å²) in [5.74, 6) is 0. The first kappa shape index (κ1) is 28.5. The Morgan fingerprint density at radius 3 is 1.20 bits per heavy atom. The molecule has 0 aromatic heterocycles. The van der Waals surface area contributed by atoms with E-state index in [1.54, 1.807) is 0 Å². The zero-order valence-corrected chi connectivity index (χ0v) is 25.9. The first-order chi connectivity index (χ1) is 20.0. The van der Waals surface area contributed by atoms with Crippen LogP contribution in [0.5, 0.6) is 0 Å². The number of rotatable bonds is 10. The van der Waals surface area contributed by atoms with Crippen LogP contribution in [-0.4, -0.2) is 27.4 Å². The van der Waals surface area contributed by atoms with Crippen molar-refractivity contribution in [3.05, 3.63) is 174 Å². The number of hydrogen-bond donors (Lipinski definition) is 1. The lowest BCUT2D eigenvalue weighted by Gasteiger charge is -2.42. The summed E-state index contributed by atoms with van der Waals surface area (Å²) in [7, 11) is -5.00. The number of benzene rings is 5. The van der Waals surface area contributed by atoms with Crippen LogP contribution in [0, 0.1) is 0 Å². The maximum atomic E-state index is 11.3. The van der Waals surface area contributed by atoms with E-state index >= 15 is 0 Å². The molecule has 1 nitrogen and oxygen atoms in total. The molecular weight excluding hydrogens is 529 g/mol. The van der Waals surface area contributed by atoms with Crippen molar-refractivity contribution in [2.75, 3.05) is 0 Å². The van der Waals surface area contributed by atoms with Crippen molar-refractivity contribution in [2.24, 2.45) is 0 Å². The quantitative estimate of drug-likeness (QED) is 0.198. The molecule has 5 aromatic carbocycles. The van der Waals surface area contributed by atoms with E-state index in [0.717, 1.165) is 5.56 Å². The Morgan fingerprint density at radius 1 is 0.537 bits per heavy atom. The minimum absolute atomic E-state index is 0.559. The fourth-order valence-electron chi connectivity index (χ4n) is 6.05. The van der Waals surface area contributed by atoms with Crippen molar-refractivity contribution in [3.63, 3.8) is 0 Å². The maximum absolute atomic E-state index is 11.3. The van der Waals surface area contributed by atoms with E-state index in [-0.39, 0.29) is 0 Å². The monoisotopic (exact) mass is 566 g/mol. The Hall–Kier alpha value is -4.03. The van der Waals surface area contributed by atoms with Gasteiger partial charge in [-0.3, -0.25) is 0 Å². The topological polar surface area (TPSA) is 20.2 Å². The summed E-state index contributed by atoms with van der Waals surface area (Å²) < 4.78 is 0. The van der Waals surface area contributed by atoms with Crippen LogP contribution < -0.4 is 20.7 Å². The summed E-state index contributed by atoms with van der Waals surface area (Å²) in [6.45, 7) is 5.01. The van der Waals surface area contributed by atoms with Crippen LogP contribution in [0.4, 0.5) is 0 Å². The highest BCUT2D eigenvalue weighted by Crippen LogP contribution is 2.28. The highest BCUT2D eigenvalue weighted by molar-refractivity contribution is 7.24. The molecule has 0 aliphatic carbocycles. The normalized spacial score (nSPS) is 12.7. The Labute approximate surface area is 247 Å². The third-order valence-corrected chi connectivity index (χ3v) is 19.9. The second kappa shape index (κ2) is 13.1. The second-order valence-electron chi connectivity index (χ2n) is 10.9. The molecule has 0 aliphatic rings. The molecule has 3 heteroatoms. The summed E-state index contributed by atoms with van der Waals surface area (Å²) in [5.41, 5.74) is 1.09. The molecule has 0 spiro atoms. The fraction of sp³-hybridized carbons (Fsp3) is 0.105. The van der Waals surface area contributed by atoms with E-state index in [1.807, 2.05) is 30.4 Å². The van der Waals surface area contributed by atoms with Crippen LogP contribution >= 0.6 is 0 Å². The standard InChI is InChI=1S/C38H38OSi2/c1-40(34-20-10-4-11-21-34,35-22-12-5-13-23-35)38(31-30-33(39)29-28-32-18-8-3-9-19-32)41(2,36-24-14-6-15-25-36)37-26-16-7-17-27-37/h3-29,31,33,39H,30H2,1-2H3/b29-28-. The molecule has 0 fully saturated rings. The average molecular weight is 567 g/mol. The van der Waals surface area contributed by atoms with Crippen molar-refractivity contribution in [1.82, 2.24) is 0 Å². The van der Waals surface area contributed by atoms with Crippen LogP contribution in [0.25, 0.3) is 6.08 Å². The van der Waals surface area contributed by atoms with Crippen molar-refractivity contribution in [3.8, 4) is 0 Å². The summed E-state index contributed by atoms with van der Waals surface area (Å²) in [6.07, 6.45) is 6.34. The molecule has 0 aliphatic heterocycles. The van der Waals surface area contributed by atoms with Crippen LogP contribution in [0.1, 0.15) is 12.0 Å². The Balaban J connectivity index is 1.74. The van der Waals surface area contributed by atoms with E-state index in [9.17, 15) is 5.11 Å². The second-order valence-corrected chi connectivity index (χ2v) is 19.3. The minimum Gasteiger partial charge on any atom is -0.389 e. The first-order valence-electron chi connectivity index (χ1n) is 14.4. The van der Waals surface area contributed by atoms with E-state index in [4.69, 9.17) is 0 Å². The fourth-order valence-corrected chi connectivity index (χ4v) is 18.2. The molecule has 0 radical (unpaired) electrons. The van der Waals surface area contributed by atoms with Crippen molar-refractivity contribution in [2.45, 2.75) is 25.6 Å². The lowest BCUT2D eigenvalue weighted by Crippen LogP contribution is -2.70. The first-order valence-corrected chi connectivity index (χ1v) is 19.4. The smallest absolute Gasteiger partial charge is 0.138 e. The molecule has 0 bridgehead atoms. The maximum Gasteiger partial charge on any atom is 0.138 e. The van der Waals surface area contributed by atoms with Crippen molar-refractivity contribution in [1.29, 1.82) is 0 Å². The van der Waals surface area contributed by atoms with Gasteiger partial charge in [0.05, 0.1) is 6.10 Å². The van der Waals surface area contributed by atoms with Gasteiger partial charge in [0.15, 0.2) is 0 Å². The zero-order chi connectivity index (χ0) is 28.5. The van der Waals surface area contributed by atoms with Gasteiger partial charge < -0.3 is 5.11 Å². The van der Waals surface area contributed by atoms with Gasteiger partial charge in [-0.25, -0.2) is 0 Å². The summed E-state index contributed by atoms with van der Waals surface area (Å²) >= 11 is 0. The molecule has 0 heterocycles. The third kappa shape index (κ3) is 6.18. The van der Waals surface area contributed by atoms with Gasteiger partial charge >= 0.3 is 0 Å². The number of aliphatic hydroxyl groups excluding tert-OH is 1. The van der Waals surface area contributed by atoms with Crippen molar-refractivity contribution >= 4 is 43.0 Å². The molecule has 1 unspecified atom stereocenters. The van der Waals surface area contributed by atoms with Gasteiger partial charge in [-0.2, -0.15) is 0 Å². The molecule has 0 saturated heterocycles. The van der Waals surface area contributed by atoms with E-state index in [2.05, 4.69) is 153 Å². The van der Waals surface area contributed by atoms with Gasteiger partial charge in [-0.05, 0) is 12.0 Å². The highest BCUT2D eigenvalue weighted by atomic mass is 28.4. The van der Waals surface area contributed by atoms with Gasteiger partial charge in [0, 0.05) is 0 Å². The van der Waals surface area contributed by atoms with Gasteiger partial charge in [0.1, 0.15) is 16.1 Å². The molecule has 204 valence electrons. The van der Waals surface area contributed by atoms with Gasteiger partial charge in [-0.1, -0.05) is 209 Å².